The Kier molecular flexibility index (Phi) is 9.69. The lowest BCUT2D eigenvalue weighted by molar-refractivity contribution is -0.112. The van der Waals surface area contributed by atoms with Crippen LogP contribution in [0.25, 0.3) is 0 Å². The smallest absolute Gasteiger partial charge is 0.316 e. The van der Waals surface area contributed by atoms with Gasteiger partial charge in [0, 0.05) is 6.54 Å². The largest absolute Gasteiger partial charge is 0.394 e. The third-order valence-corrected chi connectivity index (χ3v) is 1.57. The first kappa shape index (κ1) is 16.0. The molecule has 78 valence electrons. The molecule has 7 heteroatoms. The first-order chi connectivity index (χ1) is 5.54. The van der Waals surface area contributed by atoms with Gasteiger partial charge in [-0.1, -0.05) is 0 Å². The van der Waals surface area contributed by atoms with Crippen molar-refractivity contribution in [3.8, 4) is 0 Å². The molecule has 0 fully saturated rings. The van der Waals surface area contributed by atoms with Crippen LogP contribution >= 0.6 is 0 Å². The summed E-state index contributed by atoms with van der Waals surface area (Å²) < 4.78 is 0. The normalized spacial score (nSPS) is 19.8. The van der Waals surface area contributed by atoms with Crippen LogP contribution in [-0.2, 0) is 0 Å². The molecule has 0 aliphatic rings. The number of nitrogens with two attached hydrogens (primary N) is 1. The molecule has 0 rings (SSSR count). The maximum Gasteiger partial charge on any atom is 0.316 e. The van der Waals surface area contributed by atoms with Gasteiger partial charge in [-0.05, 0) is 0 Å². The summed E-state index contributed by atoms with van der Waals surface area (Å²) in [5, 5.41) is 44.2. The highest BCUT2D eigenvalue weighted by Gasteiger charge is 2.28. The SMILES string of the molecule is NC[C@H](O)[C@@H](O)[C@H](O)[C@H](O)CO.[MgH2]. The Hall–Kier alpha value is 0.526. The molecule has 0 saturated carbocycles. The van der Waals surface area contributed by atoms with Crippen LogP contribution in [0.4, 0.5) is 0 Å². The average molecular weight is 208 g/mol. The predicted octanol–water partition coefficient (Wildman–Crippen LogP) is -4.54. The molecule has 0 bridgehead atoms. The standard InChI is InChI=1S/C6H15NO5.Mg.2H/c7-1-3(9)5(11)6(12)4(10)2-8;;;/h3-6,8-12H,1-2,7H2;;;/t3-,4+,5+,6+;;;/m0.../s1. The molecule has 0 aliphatic carbocycles. The Labute approximate surface area is 92.1 Å². The lowest BCUT2D eigenvalue weighted by Crippen LogP contribution is -2.48. The second-order valence-electron chi connectivity index (χ2n) is 2.53. The summed E-state index contributed by atoms with van der Waals surface area (Å²) in [5.74, 6) is 0. The summed E-state index contributed by atoms with van der Waals surface area (Å²) in [6, 6.07) is 0. The highest BCUT2D eigenvalue weighted by atomic mass is 24.3. The first-order valence-corrected chi connectivity index (χ1v) is 3.57. The Morgan fingerprint density at radius 1 is 0.923 bits per heavy atom. The van der Waals surface area contributed by atoms with E-state index in [1.165, 1.54) is 0 Å². The molecule has 0 aliphatic heterocycles. The molecule has 6 nitrogen and oxygen atoms in total. The minimum absolute atomic E-state index is 0. The fourth-order valence-corrected chi connectivity index (χ4v) is 0.703. The average Bonchev–Trinajstić information content (AvgIpc) is 2.12. The second kappa shape index (κ2) is 7.89. The van der Waals surface area contributed by atoms with Gasteiger partial charge in [0.25, 0.3) is 0 Å². The molecule has 0 aromatic rings. The molecular weight excluding hydrogens is 190 g/mol. The van der Waals surface area contributed by atoms with Crippen LogP contribution in [0.2, 0.25) is 0 Å². The summed E-state index contributed by atoms with van der Waals surface area (Å²) in [7, 11) is 0. The van der Waals surface area contributed by atoms with Gasteiger partial charge < -0.3 is 31.3 Å². The summed E-state index contributed by atoms with van der Waals surface area (Å²) in [6.45, 7) is -0.911. The van der Waals surface area contributed by atoms with Gasteiger partial charge >= 0.3 is 23.1 Å². The van der Waals surface area contributed by atoms with E-state index in [-0.39, 0.29) is 29.6 Å². The van der Waals surface area contributed by atoms with Crippen molar-refractivity contribution < 1.29 is 25.5 Å². The van der Waals surface area contributed by atoms with E-state index < -0.39 is 31.0 Å². The fourth-order valence-electron chi connectivity index (χ4n) is 0.703. The van der Waals surface area contributed by atoms with Gasteiger partial charge in [0.15, 0.2) is 0 Å². The second-order valence-corrected chi connectivity index (χ2v) is 2.53. The van der Waals surface area contributed by atoms with E-state index in [1.807, 2.05) is 0 Å². The first-order valence-electron chi connectivity index (χ1n) is 3.57. The Morgan fingerprint density at radius 3 is 1.62 bits per heavy atom. The highest BCUT2D eigenvalue weighted by Crippen LogP contribution is 2.03. The molecule has 0 radical (unpaired) electrons. The maximum atomic E-state index is 9.04. The molecule has 0 saturated heterocycles. The van der Waals surface area contributed by atoms with Crippen LogP contribution < -0.4 is 5.73 Å². The topological polar surface area (TPSA) is 127 Å². The zero-order valence-electron chi connectivity index (χ0n) is 6.54. The molecule has 0 heterocycles. The maximum absolute atomic E-state index is 9.04. The van der Waals surface area contributed by atoms with Crippen LogP contribution in [0.15, 0.2) is 0 Å². The van der Waals surface area contributed by atoms with Gasteiger partial charge in [-0.3, -0.25) is 0 Å². The summed E-state index contributed by atoms with van der Waals surface area (Å²) >= 11 is 0. The van der Waals surface area contributed by atoms with E-state index in [0.29, 0.717) is 0 Å². The number of hydrogen-bond acceptors (Lipinski definition) is 6. The minimum Gasteiger partial charge on any atom is -0.394 e. The Morgan fingerprint density at radius 2 is 1.31 bits per heavy atom. The van der Waals surface area contributed by atoms with E-state index in [9.17, 15) is 0 Å². The molecule has 0 aromatic heterocycles. The van der Waals surface area contributed by atoms with Crippen molar-refractivity contribution >= 4 is 23.1 Å². The van der Waals surface area contributed by atoms with Crippen LogP contribution in [0, 0.1) is 0 Å². The number of aliphatic hydroxyl groups excluding tert-OH is 5. The molecule has 0 spiro atoms. The third-order valence-electron chi connectivity index (χ3n) is 1.57. The Balaban J connectivity index is 0. The van der Waals surface area contributed by atoms with Gasteiger partial charge in [-0.15, -0.1) is 0 Å². The quantitative estimate of drug-likeness (QED) is 0.252. The number of hydrogen-bond donors (Lipinski definition) is 6. The number of rotatable bonds is 5. The van der Waals surface area contributed by atoms with Crippen molar-refractivity contribution in [1.29, 1.82) is 0 Å². The highest BCUT2D eigenvalue weighted by molar-refractivity contribution is 5.75. The molecule has 0 aromatic carbocycles. The predicted molar refractivity (Wildman–Crippen MR) is 48.7 cm³/mol. The molecule has 0 amide bonds. The molecule has 7 N–H and O–H groups in total. The van der Waals surface area contributed by atoms with Gasteiger partial charge in [0.2, 0.25) is 0 Å². The van der Waals surface area contributed by atoms with Crippen molar-refractivity contribution in [2.75, 3.05) is 13.2 Å². The Bertz CT molecular complexity index is 114. The van der Waals surface area contributed by atoms with Crippen LogP contribution in [0.1, 0.15) is 0 Å². The zero-order valence-corrected chi connectivity index (χ0v) is 6.54. The summed E-state index contributed by atoms with van der Waals surface area (Å²) in [4.78, 5) is 0. The van der Waals surface area contributed by atoms with E-state index in [1.54, 1.807) is 0 Å². The van der Waals surface area contributed by atoms with Gasteiger partial charge in [-0.2, -0.15) is 0 Å². The molecular formula is C6H17MgNO5. The van der Waals surface area contributed by atoms with Crippen molar-refractivity contribution in [3.63, 3.8) is 0 Å². The van der Waals surface area contributed by atoms with Crippen molar-refractivity contribution in [2.45, 2.75) is 24.4 Å². The van der Waals surface area contributed by atoms with E-state index in [2.05, 4.69) is 0 Å². The van der Waals surface area contributed by atoms with Crippen molar-refractivity contribution in [1.82, 2.24) is 0 Å². The third kappa shape index (κ3) is 5.08. The lowest BCUT2D eigenvalue weighted by atomic mass is 10.0. The van der Waals surface area contributed by atoms with E-state index in [4.69, 9.17) is 31.3 Å². The fraction of sp³-hybridized carbons (Fsp3) is 1.00. The van der Waals surface area contributed by atoms with Gasteiger partial charge in [-0.25, -0.2) is 0 Å². The molecule has 0 unspecified atom stereocenters. The van der Waals surface area contributed by atoms with E-state index in [0.717, 1.165) is 0 Å². The molecule has 4 atom stereocenters. The monoisotopic (exact) mass is 207 g/mol. The van der Waals surface area contributed by atoms with Gasteiger partial charge in [0.05, 0.1) is 12.7 Å². The van der Waals surface area contributed by atoms with Crippen molar-refractivity contribution in [2.24, 2.45) is 5.73 Å². The van der Waals surface area contributed by atoms with Crippen LogP contribution in [0.3, 0.4) is 0 Å². The molecule has 13 heavy (non-hydrogen) atoms. The van der Waals surface area contributed by atoms with Crippen LogP contribution in [-0.4, -0.2) is 86.2 Å². The summed E-state index contributed by atoms with van der Waals surface area (Å²) in [5.41, 5.74) is 4.99. The summed E-state index contributed by atoms with van der Waals surface area (Å²) in [6.07, 6.45) is -5.91. The zero-order chi connectivity index (χ0) is 9.72. The van der Waals surface area contributed by atoms with E-state index >= 15 is 0 Å². The van der Waals surface area contributed by atoms with Crippen molar-refractivity contribution in [3.05, 3.63) is 0 Å². The van der Waals surface area contributed by atoms with Crippen LogP contribution in [0.5, 0.6) is 0 Å². The van der Waals surface area contributed by atoms with Gasteiger partial charge in [0.1, 0.15) is 18.3 Å². The number of aliphatic hydroxyl groups is 5. The lowest BCUT2D eigenvalue weighted by Gasteiger charge is -2.24. The minimum atomic E-state index is -1.59.